The molecule has 1 aromatic heterocycles. The highest BCUT2D eigenvalue weighted by Gasteiger charge is 2.34. The summed E-state index contributed by atoms with van der Waals surface area (Å²) < 4.78 is 5.79. The predicted molar refractivity (Wildman–Crippen MR) is 109 cm³/mol. The minimum Gasteiger partial charge on any atom is -0.456 e. The minimum atomic E-state index is -0.357. The van der Waals surface area contributed by atoms with Gasteiger partial charge in [0, 0.05) is 29.4 Å². The van der Waals surface area contributed by atoms with E-state index in [4.69, 9.17) is 4.42 Å². The van der Waals surface area contributed by atoms with Gasteiger partial charge in [0.1, 0.15) is 11.2 Å². The van der Waals surface area contributed by atoms with Crippen LogP contribution in [0.15, 0.2) is 71.1 Å². The van der Waals surface area contributed by atoms with Crippen LogP contribution in [0.3, 0.4) is 0 Å². The Hall–Kier alpha value is -3.93. The molecule has 3 amide bonds. The number of carbonyl (C=O) groups is 3. The number of furan rings is 1. The number of anilines is 1. The van der Waals surface area contributed by atoms with Crippen LogP contribution in [0.5, 0.6) is 0 Å². The van der Waals surface area contributed by atoms with E-state index in [1.165, 1.54) is 0 Å². The van der Waals surface area contributed by atoms with E-state index in [0.717, 1.165) is 26.8 Å². The van der Waals surface area contributed by atoms with E-state index in [1.54, 1.807) is 30.3 Å². The molecule has 6 nitrogen and oxygen atoms in total. The summed E-state index contributed by atoms with van der Waals surface area (Å²) in [4.78, 5) is 38.3. The molecule has 29 heavy (non-hydrogen) atoms. The number of hydrogen-bond donors (Lipinski definition) is 1. The molecule has 0 aliphatic carbocycles. The number of carbonyl (C=O) groups excluding carboxylic acids is 3. The van der Waals surface area contributed by atoms with E-state index in [0.29, 0.717) is 16.8 Å². The summed E-state index contributed by atoms with van der Waals surface area (Å²) in [5.41, 5.74) is 2.94. The highest BCUT2D eigenvalue weighted by atomic mass is 16.3. The fraction of sp³-hybridized carbons (Fsp3) is 0.0870. The van der Waals surface area contributed by atoms with Gasteiger partial charge >= 0.3 is 0 Å². The van der Waals surface area contributed by atoms with Gasteiger partial charge in [0.25, 0.3) is 11.8 Å². The second kappa shape index (κ2) is 6.60. The maximum Gasteiger partial charge on any atom is 0.261 e. The zero-order chi connectivity index (χ0) is 20.0. The number of benzene rings is 3. The van der Waals surface area contributed by atoms with Crippen molar-refractivity contribution in [3.63, 3.8) is 0 Å². The molecule has 1 N–H and O–H groups in total. The lowest BCUT2D eigenvalue weighted by atomic mass is 10.1. The number of rotatable bonds is 4. The van der Waals surface area contributed by atoms with Gasteiger partial charge in [-0.3, -0.25) is 19.3 Å². The van der Waals surface area contributed by atoms with Gasteiger partial charge < -0.3 is 9.73 Å². The van der Waals surface area contributed by atoms with Gasteiger partial charge in [-0.1, -0.05) is 30.3 Å². The fourth-order valence-electron chi connectivity index (χ4n) is 3.68. The number of fused-ring (bicyclic) bond motifs is 4. The molecule has 2 heterocycles. The lowest BCUT2D eigenvalue weighted by molar-refractivity contribution is -0.116. The van der Waals surface area contributed by atoms with Gasteiger partial charge in [-0.05, 0) is 36.4 Å². The topological polar surface area (TPSA) is 79.6 Å². The molecule has 0 spiro atoms. The van der Waals surface area contributed by atoms with Gasteiger partial charge in [-0.2, -0.15) is 0 Å². The monoisotopic (exact) mass is 384 g/mol. The zero-order valence-electron chi connectivity index (χ0n) is 15.3. The zero-order valence-corrected chi connectivity index (χ0v) is 15.3. The number of hydrogen-bond acceptors (Lipinski definition) is 4. The summed E-state index contributed by atoms with van der Waals surface area (Å²) in [5.74, 6) is -0.983. The Kier molecular flexibility index (Phi) is 3.91. The molecule has 0 atom stereocenters. The van der Waals surface area contributed by atoms with Gasteiger partial charge in [0.05, 0.1) is 11.1 Å². The highest BCUT2D eigenvalue weighted by Crippen LogP contribution is 2.30. The Labute approximate surface area is 165 Å². The van der Waals surface area contributed by atoms with Crippen LogP contribution in [0.1, 0.15) is 27.1 Å². The van der Waals surface area contributed by atoms with Crippen molar-refractivity contribution in [2.24, 2.45) is 0 Å². The van der Waals surface area contributed by atoms with E-state index in [-0.39, 0.29) is 30.7 Å². The molecule has 0 saturated heterocycles. The summed E-state index contributed by atoms with van der Waals surface area (Å²) in [6.45, 7) is 0.0368. The fourth-order valence-corrected chi connectivity index (χ4v) is 3.68. The van der Waals surface area contributed by atoms with Crippen LogP contribution in [-0.2, 0) is 4.79 Å². The first-order valence-electron chi connectivity index (χ1n) is 9.28. The number of imide groups is 1. The van der Waals surface area contributed by atoms with Crippen molar-refractivity contribution in [2.45, 2.75) is 6.42 Å². The largest absolute Gasteiger partial charge is 0.456 e. The molecule has 6 heteroatoms. The molecule has 0 unspecified atom stereocenters. The van der Waals surface area contributed by atoms with Crippen molar-refractivity contribution in [1.82, 2.24) is 4.90 Å². The molecule has 0 saturated carbocycles. The van der Waals surface area contributed by atoms with Crippen molar-refractivity contribution in [3.8, 4) is 0 Å². The Morgan fingerprint density at radius 2 is 1.48 bits per heavy atom. The van der Waals surface area contributed by atoms with Gasteiger partial charge in [-0.15, -0.1) is 0 Å². The molecule has 5 rings (SSSR count). The highest BCUT2D eigenvalue weighted by molar-refractivity contribution is 6.21. The van der Waals surface area contributed by atoms with Crippen molar-refractivity contribution in [1.29, 1.82) is 0 Å². The third-order valence-electron chi connectivity index (χ3n) is 5.10. The van der Waals surface area contributed by atoms with Crippen LogP contribution in [0.4, 0.5) is 5.69 Å². The molecule has 0 radical (unpaired) electrons. The molecular weight excluding hydrogens is 368 g/mol. The molecule has 1 aliphatic rings. The van der Waals surface area contributed by atoms with Crippen LogP contribution in [-0.4, -0.2) is 29.2 Å². The normalized spacial score (nSPS) is 13.3. The smallest absolute Gasteiger partial charge is 0.261 e. The van der Waals surface area contributed by atoms with Crippen LogP contribution < -0.4 is 5.32 Å². The second-order valence-electron chi connectivity index (χ2n) is 6.91. The van der Waals surface area contributed by atoms with Gasteiger partial charge in [0.2, 0.25) is 5.91 Å². The standard InChI is InChI=1S/C23H16N2O4/c26-21(11-12-25-22(27)16-6-1-2-7-17(16)23(25)28)24-14-9-10-20-18(13-14)15-5-3-4-8-19(15)29-20/h1-10,13H,11-12H2,(H,24,26). The Bertz CT molecular complexity index is 1270. The first-order valence-corrected chi connectivity index (χ1v) is 9.28. The average Bonchev–Trinajstić information content (AvgIpc) is 3.22. The van der Waals surface area contributed by atoms with E-state index in [1.807, 2.05) is 36.4 Å². The first kappa shape index (κ1) is 17.2. The number of nitrogens with zero attached hydrogens (tertiary/aromatic N) is 1. The summed E-state index contributed by atoms with van der Waals surface area (Å²) in [5, 5.41) is 4.73. The predicted octanol–water partition coefficient (Wildman–Crippen LogP) is 4.21. The molecule has 142 valence electrons. The van der Waals surface area contributed by atoms with E-state index >= 15 is 0 Å². The van der Waals surface area contributed by atoms with Crippen LogP contribution in [0.2, 0.25) is 0 Å². The van der Waals surface area contributed by atoms with Gasteiger partial charge in [0.15, 0.2) is 0 Å². The lowest BCUT2D eigenvalue weighted by Gasteiger charge is -2.13. The van der Waals surface area contributed by atoms with Crippen LogP contribution in [0.25, 0.3) is 21.9 Å². The SMILES string of the molecule is O=C(CCN1C(=O)c2ccccc2C1=O)Nc1ccc2oc3ccccc3c2c1. The molecule has 0 bridgehead atoms. The molecule has 1 aliphatic heterocycles. The van der Waals surface area contributed by atoms with Crippen molar-refractivity contribution >= 4 is 45.3 Å². The Morgan fingerprint density at radius 1 is 0.828 bits per heavy atom. The van der Waals surface area contributed by atoms with E-state index < -0.39 is 0 Å². The number of nitrogens with one attached hydrogen (secondary N) is 1. The quantitative estimate of drug-likeness (QED) is 0.535. The van der Waals surface area contributed by atoms with Crippen LogP contribution >= 0.6 is 0 Å². The van der Waals surface area contributed by atoms with Crippen molar-refractivity contribution in [3.05, 3.63) is 77.9 Å². The second-order valence-corrected chi connectivity index (χ2v) is 6.91. The number of amides is 3. The lowest BCUT2D eigenvalue weighted by Crippen LogP contribution is -2.32. The van der Waals surface area contributed by atoms with E-state index in [2.05, 4.69) is 5.32 Å². The van der Waals surface area contributed by atoms with Crippen molar-refractivity contribution < 1.29 is 18.8 Å². The maximum atomic E-state index is 12.4. The Balaban J connectivity index is 1.30. The molecule has 0 fully saturated rings. The summed E-state index contributed by atoms with van der Waals surface area (Å²) in [6.07, 6.45) is 0.0235. The third-order valence-corrected chi connectivity index (χ3v) is 5.10. The van der Waals surface area contributed by atoms with Crippen LogP contribution in [0, 0.1) is 0 Å². The summed E-state index contributed by atoms with van der Waals surface area (Å²) in [6, 6.07) is 19.8. The summed E-state index contributed by atoms with van der Waals surface area (Å²) >= 11 is 0. The van der Waals surface area contributed by atoms with Crippen molar-refractivity contribution in [2.75, 3.05) is 11.9 Å². The maximum absolute atomic E-state index is 12.4. The summed E-state index contributed by atoms with van der Waals surface area (Å²) in [7, 11) is 0. The first-order chi connectivity index (χ1) is 14.1. The minimum absolute atomic E-state index is 0.0235. The third kappa shape index (κ3) is 2.86. The molecule has 4 aromatic rings. The molecule has 3 aromatic carbocycles. The average molecular weight is 384 g/mol. The van der Waals surface area contributed by atoms with E-state index in [9.17, 15) is 14.4 Å². The Morgan fingerprint density at radius 3 is 2.24 bits per heavy atom. The number of para-hydroxylation sites is 1. The molecular formula is C23H16N2O4. The van der Waals surface area contributed by atoms with Gasteiger partial charge in [-0.25, -0.2) is 0 Å².